The number of para-hydroxylation sites is 1. The second-order valence-electron chi connectivity index (χ2n) is 10.3. The zero-order valence-electron chi connectivity index (χ0n) is 23.2. The van der Waals surface area contributed by atoms with Crippen LogP contribution in [0.15, 0.2) is 102 Å². The standard InChI is InChI=1S/C33H31N3O5S/c1-2-35-29-15-9-8-14-27(29)28-20-24(16-17-30(28)35)34-32(37)22-41-33(38)21-31-26-13-7-6-10-23(26)18-19-36(31)42(39,40)25-11-4-3-5-12-25/h3-17,20,31H,2,18-19,21-22H2,1H3,(H,34,37)/t31-/m0/s1. The van der Waals surface area contributed by atoms with Gasteiger partial charge in [0.25, 0.3) is 5.91 Å². The highest BCUT2D eigenvalue weighted by atomic mass is 32.2. The van der Waals surface area contributed by atoms with Crippen molar-refractivity contribution >= 4 is 49.4 Å². The van der Waals surface area contributed by atoms with Gasteiger partial charge in [-0.2, -0.15) is 4.31 Å². The molecule has 0 spiro atoms. The van der Waals surface area contributed by atoms with E-state index in [-0.39, 0.29) is 17.9 Å². The second-order valence-corrected chi connectivity index (χ2v) is 12.2. The third-order valence-corrected chi connectivity index (χ3v) is 9.73. The van der Waals surface area contributed by atoms with Crippen molar-refractivity contribution < 1.29 is 22.7 Å². The molecule has 1 aromatic heterocycles. The van der Waals surface area contributed by atoms with E-state index in [1.807, 2.05) is 54.6 Å². The van der Waals surface area contributed by atoms with Gasteiger partial charge in [0.05, 0.1) is 17.4 Å². The number of carbonyl (C=O) groups excluding carboxylic acids is 2. The minimum atomic E-state index is -3.86. The summed E-state index contributed by atoms with van der Waals surface area (Å²) < 4.78 is 36.1. The average Bonchev–Trinajstić information content (AvgIpc) is 3.33. The van der Waals surface area contributed by atoms with E-state index < -0.39 is 34.5 Å². The lowest BCUT2D eigenvalue weighted by Gasteiger charge is -2.36. The number of hydrogen-bond donors (Lipinski definition) is 1. The van der Waals surface area contributed by atoms with Crippen LogP contribution in [0.1, 0.15) is 30.5 Å². The minimum absolute atomic E-state index is 0.168. The number of hydrogen-bond acceptors (Lipinski definition) is 5. The number of esters is 1. The molecule has 1 N–H and O–H groups in total. The highest BCUT2D eigenvalue weighted by molar-refractivity contribution is 7.89. The number of aromatic nitrogens is 1. The van der Waals surface area contributed by atoms with Gasteiger partial charge < -0.3 is 14.6 Å². The molecule has 42 heavy (non-hydrogen) atoms. The number of anilines is 1. The van der Waals surface area contributed by atoms with Crippen molar-refractivity contribution in [2.75, 3.05) is 18.5 Å². The zero-order chi connectivity index (χ0) is 29.3. The van der Waals surface area contributed by atoms with E-state index in [1.54, 1.807) is 30.3 Å². The first-order chi connectivity index (χ1) is 20.4. The number of sulfonamides is 1. The second kappa shape index (κ2) is 11.4. The lowest BCUT2D eigenvalue weighted by atomic mass is 9.92. The van der Waals surface area contributed by atoms with Crippen LogP contribution in [0, 0.1) is 0 Å². The van der Waals surface area contributed by atoms with Gasteiger partial charge in [-0.25, -0.2) is 8.42 Å². The number of benzene rings is 4. The fourth-order valence-corrected chi connectivity index (χ4v) is 7.51. The number of carbonyl (C=O) groups is 2. The van der Waals surface area contributed by atoms with Crippen molar-refractivity contribution in [3.8, 4) is 0 Å². The first kappa shape index (κ1) is 27.7. The van der Waals surface area contributed by atoms with Crippen LogP contribution in [0.5, 0.6) is 0 Å². The Kier molecular flexibility index (Phi) is 7.53. The summed E-state index contributed by atoms with van der Waals surface area (Å²) in [7, 11) is -3.86. The third-order valence-electron chi connectivity index (χ3n) is 7.81. The van der Waals surface area contributed by atoms with Crippen LogP contribution < -0.4 is 5.32 Å². The molecule has 1 atom stereocenters. The van der Waals surface area contributed by atoms with Gasteiger partial charge in [-0.05, 0) is 60.9 Å². The van der Waals surface area contributed by atoms with Crippen molar-refractivity contribution in [3.05, 3.63) is 108 Å². The Hall–Kier alpha value is -4.47. The molecule has 8 nitrogen and oxygen atoms in total. The van der Waals surface area contributed by atoms with Gasteiger partial charge in [0, 0.05) is 40.6 Å². The molecule has 0 saturated heterocycles. The fourth-order valence-electron chi connectivity index (χ4n) is 5.89. The van der Waals surface area contributed by atoms with Gasteiger partial charge in [-0.3, -0.25) is 9.59 Å². The first-order valence-electron chi connectivity index (χ1n) is 14.0. The maximum absolute atomic E-state index is 13.6. The summed E-state index contributed by atoms with van der Waals surface area (Å²) in [6, 6.07) is 28.8. The molecule has 2 heterocycles. The maximum Gasteiger partial charge on any atom is 0.308 e. The summed E-state index contributed by atoms with van der Waals surface area (Å²) in [5.74, 6) is -1.12. The lowest BCUT2D eigenvalue weighted by molar-refractivity contribution is -0.148. The van der Waals surface area contributed by atoms with Crippen LogP contribution in [0.4, 0.5) is 5.69 Å². The third kappa shape index (κ3) is 5.17. The summed E-state index contributed by atoms with van der Waals surface area (Å²) in [5.41, 5.74) is 4.56. The number of nitrogens with zero attached hydrogens (tertiary/aromatic N) is 2. The van der Waals surface area contributed by atoms with Crippen LogP contribution in [0.25, 0.3) is 21.8 Å². The Morgan fingerprint density at radius 3 is 2.40 bits per heavy atom. The van der Waals surface area contributed by atoms with Gasteiger partial charge in [0.15, 0.2) is 6.61 Å². The molecule has 0 fully saturated rings. The molecule has 0 aliphatic carbocycles. The molecule has 1 amide bonds. The van der Waals surface area contributed by atoms with Crippen molar-refractivity contribution in [1.29, 1.82) is 0 Å². The Balaban J connectivity index is 1.16. The number of ether oxygens (including phenoxy) is 1. The van der Waals surface area contributed by atoms with E-state index in [9.17, 15) is 18.0 Å². The molecule has 0 unspecified atom stereocenters. The lowest BCUT2D eigenvalue weighted by Crippen LogP contribution is -2.41. The van der Waals surface area contributed by atoms with Crippen molar-refractivity contribution in [1.82, 2.24) is 8.87 Å². The van der Waals surface area contributed by atoms with Gasteiger partial charge >= 0.3 is 5.97 Å². The average molecular weight is 582 g/mol. The fraction of sp³-hybridized carbons (Fsp3) is 0.212. The predicted octanol–water partition coefficient (Wildman–Crippen LogP) is 5.67. The molecular formula is C33H31N3O5S. The quantitative estimate of drug-likeness (QED) is 0.238. The largest absolute Gasteiger partial charge is 0.456 e. The molecule has 6 rings (SSSR count). The minimum Gasteiger partial charge on any atom is -0.456 e. The predicted molar refractivity (Wildman–Crippen MR) is 163 cm³/mol. The van der Waals surface area contributed by atoms with Gasteiger partial charge in [0.2, 0.25) is 10.0 Å². The van der Waals surface area contributed by atoms with Crippen molar-refractivity contribution in [2.45, 2.75) is 37.2 Å². The Morgan fingerprint density at radius 2 is 1.60 bits per heavy atom. The van der Waals surface area contributed by atoms with Crippen LogP contribution in [-0.2, 0) is 37.3 Å². The van der Waals surface area contributed by atoms with E-state index in [4.69, 9.17) is 4.74 Å². The number of amides is 1. The van der Waals surface area contributed by atoms with Crippen LogP contribution >= 0.6 is 0 Å². The Bertz CT molecular complexity index is 1900. The SMILES string of the molecule is CCn1c2ccccc2c2cc(NC(=O)COC(=O)C[C@H]3c4ccccc4CCN3S(=O)(=O)c3ccccc3)ccc21. The monoisotopic (exact) mass is 581 g/mol. The van der Waals surface area contributed by atoms with E-state index in [1.165, 1.54) is 4.31 Å². The van der Waals surface area contributed by atoms with Crippen LogP contribution in [-0.4, -0.2) is 42.3 Å². The summed E-state index contributed by atoms with van der Waals surface area (Å²) in [6.07, 6.45) is 0.330. The molecule has 214 valence electrons. The molecule has 9 heteroatoms. The molecule has 0 saturated carbocycles. The topological polar surface area (TPSA) is 97.7 Å². The number of rotatable bonds is 8. The summed E-state index contributed by atoms with van der Waals surface area (Å²) in [4.78, 5) is 26.0. The molecule has 4 aromatic carbocycles. The smallest absolute Gasteiger partial charge is 0.308 e. The Labute approximate surface area is 244 Å². The number of nitrogens with one attached hydrogen (secondary N) is 1. The number of aryl methyl sites for hydroxylation is 1. The van der Waals surface area contributed by atoms with Crippen LogP contribution in [0.3, 0.4) is 0 Å². The summed E-state index contributed by atoms with van der Waals surface area (Å²) in [5, 5.41) is 4.95. The first-order valence-corrected chi connectivity index (χ1v) is 15.4. The van der Waals surface area contributed by atoms with Crippen molar-refractivity contribution in [3.63, 3.8) is 0 Å². The van der Waals surface area contributed by atoms with Gasteiger partial charge in [-0.15, -0.1) is 0 Å². The van der Waals surface area contributed by atoms with Gasteiger partial charge in [-0.1, -0.05) is 60.7 Å². The van der Waals surface area contributed by atoms with E-state index in [0.717, 1.165) is 39.5 Å². The molecule has 0 radical (unpaired) electrons. The molecule has 0 bridgehead atoms. The zero-order valence-corrected chi connectivity index (χ0v) is 24.0. The summed E-state index contributed by atoms with van der Waals surface area (Å²) in [6.45, 7) is 2.68. The molecular weight excluding hydrogens is 550 g/mol. The molecule has 5 aromatic rings. The maximum atomic E-state index is 13.6. The normalized spacial score (nSPS) is 15.4. The Morgan fingerprint density at radius 1 is 0.881 bits per heavy atom. The van der Waals surface area contributed by atoms with E-state index >= 15 is 0 Å². The molecule has 1 aliphatic heterocycles. The highest BCUT2D eigenvalue weighted by Crippen LogP contribution is 2.36. The molecule has 1 aliphatic rings. The highest BCUT2D eigenvalue weighted by Gasteiger charge is 2.37. The van der Waals surface area contributed by atoms with E-state index in [0.29, 0.717) is 12.1 Å². The van der Waals surface area contributed by atoms with E-state index in [2.05, 4.69) is 28.9 Å². The summed E-state index contributed by atoms with van der Waals surface area (Å²) >= 11 is 0. The van der Waals surface area contributed by atoms with Crippen molar-refractivity contribution in [2.24, 2.45) is 0 Å². The van der Waals surface area contributed by atoms with Crippen LogP contribution in [0.2, 0.25) is 0 Å². The number of fused-ring (bicyclic) bond motifs is 4. The van der Waals surface area contributed by atoms with Gasteiger partial charge in [0.1, 0.15) is 0 Å².